The maximum absolute atomic E-state index is 12.5. The largest absolute Gasteiger partial charge is 0.398 e. The summed E-state index contributed by atoms with van der Waals surface area (Å²) in [5.74, 6) is -0.381. The summed E-state index contributed by atoms with van der Waals surface area (Å²) in [6.45, 7) is 10.8. The van der Waals surface area contributed by atoms with E-state index in [1.807, 2.05) is 32.0 Å². The molecule has 0 fully saturated rings. The zero-order valence-electron chi connectivity index (χ0n) is 17.1. The van der Waals surface area contributed by atoms with E-state index in [2.05, 4.69) is 39.5 Å². The number of nitrogens with zero attached hydrogens (tertiary/aromatic N) is 4. The highest BCUT2D eigenvalue weighted by atomic mass is 16.2. The topological polar surface area (TPSA) is 95.4 Å². The standard InChI is InChI=1S/C20H32N6O/c1-6-10-26(11-7-2)14-16(4)19(24-22-5)20(27)25-23-13-17-9-8-15(3)12-18(17)21/h8-9,12-13H,6-7,10-11,14,21H2,1-5H3,(H,25,27)/b19-16+,23-13+,24-22?. The molecule has 0 aromatic heterocycles. The van der Waals surface area contributed by atoms with Crippen molar-refractivity contribution in [3.05, 3.63) is 40.6 Å². The molecule has 3 N–H and O–H groups in total. The first-order valence-electron chi connectivity index (χ1n) is 9.34. The molecule has 0 unspecified atom stereocenters. The number of azo groups is 1. The third-order valence-electron chi connectivity index (χ3n) is 3.97. The first-order chi connectivity index (χ1) is 12.9. The van der Waals surface area contributed by atoms with Crippen molar-refractivity contribution in [3.8, 4) is 0 Å². The molecule has 0 heterocycles. The Morgan fingerprint density at radius 2 is 1.93 bits per heavy atom. The van der Waals surface area contributed by atoms with Gasteiger partial charge in [0.2, 0.25) is 0 Å². The van der Waals surface area contributed by atoms with Gasteiger partial charge < -0.3 is 5.73 Å². The lowest BCUT2D eigenvalue weighted by Gasteiger charge is -2.21. The second-order valence-corrected chi connectivity index (χ2v) is 6.54. The van der Waals surface area contributed by atoms with Crippen molar-refractivity contribution in [1.29, 1.82) is 0 Å². The van der Waals surface area contributed by atoms with Gasteiger partial charge in [-0.25, -0.2) is 5.43 Å². The Hall–Kier alpha value is -2.54. The van der Waals surface area contributed by atoms with E-state index in [9.17, 15) is 4.79 Å². The van der Waals surface area contributed by atoms with Gasteiger partial charge in [-0.05, 0) is 57.0 Å². The van der Waals surface area contributed by atoms with E-state index in [0.29, 0.717) is 17.9 Å². The van der Waals surface area contributed by atoms with Gasteiger partial charge in [-0.1, -0.05) is 26.0 Å². The highest BCUT2D eigenvalue weighted by Crippen LogP contribution is 2.12. The van der Waals surface area contributed by atoms with Crippen molar-refractivity contribution in [2.24, 2.45) is 15.3 Å². The molecule has 1 rings (SSSR count). The van der Waals surface area contributed by atoms with Crippen LogP contribution in [-0.4, -0.2) is 43.7 Å². The van der Waals surface area contributed by atoms with Crippen molar-refractivity contribution in [2.75, 3.05) is 32.4 Å². The molecule has 0 atom stereocenters. The number of carbonyl (C=O) groups is 1. The lowest BCUT2D eigenvalue weighted by Crippen LogP contribution is -2.29. The van der Waals surface area contributed by atoms with Gasteiger partial charge in [-0.15, -0.1) is 0 Å². The van der Waals surface area contributed by atoms with Crippen molar-refractivity contribution in [1.82, 2.24) is 10.3 Å². The smallest absolute Gasteiger partial charge is 0.291 e. The monoisotopic (exact) mass is 372 g/mol. The lowest BCUT2D eigenvalue weighted by atomic mass is 10.1. The summed E-state index contributed by atoms with van der Waals surface area (Å²) < 4.78 is 0. The van der Waals surface area contributed by atoms with Gasteiger partial charge >= 0.3 is 0 Å². The second kappa shape index (κ2) is 12.0. The molecular formula is C20H32N6O. The third-order valence-corrected chi connectivity index (χ3v) is 3.97. The summed E-state index contributed by atoms with van der Waals surface area (Å²) in [6.07, 6.45) is 3.65. The Bertz CT molecular complexity index is 702. The van der Waals surface area contributed by atoms with Crippen LogP contribution >= 0.6 is 0 Å². The number of nitrogens with one attached hydrogen (secondary N) is 1. The maximum Gasteiger partial charge on any atom is 0.291 e. The van der Waals surface area contributed by atoms with Crippen LogP contribution in [0.1, 0.15) is 44.7 Å². The number of nitrogen functional groups attached to an aromatic ring is 1. The summed E-state index contributed by atoms with van der Waals surface area (Å²) in [4.78, 5) is 14.8. The molecule has 0 aliphatic rings. The number of nitrogens with two attached hydrogens (primary N) is 1. The molecule has 1 amide bonds. The molecule has 0 saturated carbocycles. The van der Waals surface area contributed by atoms with Gasteiger partial charge in [0.25, 0.3) is 5.91 Å². The molecule has 148 valence electrons. The number of aryl methyl sites for hydroxylation is 1. The van der Waals surface area contributed by atoms with Crippen LogP contribution in [0, 0.1) is 6.92 Å². The van der Waals surface area contributed by atoms with Crippen molar-refractivity contribution in [2.45, 2.75) is 40.5 Å². The molecule has 0 aliphatic heterocycles. The Kier molecular flexibility index (Phi) is 9.96. The Morgan fingerprint density at radius 1 is 1.26 bits per heavy atom. The van der Waals surface area contributed by atoms with E-state index in [1.54, 1.807) is 7.05 Å². The highest BCUT2D eigenvalue weighted by Gasteiger charge is 2.14. The van der Waals surface area contributed by atoms with Crippen LogP contribution in [0.25, 0.3) is 0 Å². The van der Waals surface area contributed by atoms with Gasteiger partial charge in [0, 0.05) is 24.8 Å². The molecule has 1 aromatic carbocycles. The molecule has 0 saturated heterocycles. The van der Waals surface area contributed by atoms with E-state index in [1.165, 1.54) is 6.21 Å². The van der Waals surface area contributed by atoms with Crippen LogP contribution in [0.2, 0.25) is 0 Å². The van der Waals surface area contributed by atoms with Crippen LogP contribution in [0.5, 0.6) is 0 Å². The molecular weight excluding hydrogens is 340 g/mol. The number of hydrazone groups is 1. The minimum atomic E-state index is -0.381. The minimum Gasteiger partial charge on any atom is -0.398 e. The van der Waals surface area contributed by atoms with Gasteiger partial charge in [-0.3, -0.25) is 9.69 Å². The Labute approximate surface area is 162 Å². The second-order valence-electron chi connectivity index (χ2n) is 6.54. The van der Waals surface area contributed by atoms with Gasteiger partial charge in [0.05, 0.1) is 6.21 Å². The van der Waals surface area contributed by atoms with Crippen molar-refractivity contribution >= 4 is 17.8 Å². The fraction of sp³-hybridized carbons (Fsp3) is 0.500. The number of hydrogen-bond donors (Lipinski definition) is 2. The molecule has 0 spiro atoms. The zero-order valence-corrected chi connectivity index (χ0v) is 17.1. The number of hydrogen-bond acceptors (Lipinski definition) is 6. The molecule has 27 heavy (non-hydrogen) atoms. The highest BCUT2D eigenvalue weighted by molar-refractivity contribution is 5.95. The minimum absolute atomic E-state index is 0.295. The number of amides is 1. The molecule has 7 heteroatoms. The van der Waals surface area contributed by atoms with E-state index >= 15 is 0 Å². The van der Waals surface area contributed by atoms with Crippen LogP contribution in [0.3, 0.4) is 0 Å². The van der Waals surface area contributed by atoms with Crippen molar-refractivity contribution < 1.29 is 4.79 Å². The molecule has 1 aromatic rings. The molecule has 0 bridgehead atoms. The Morgan fingerprint density at radius 3 is 2.48 bits per heavy atom. The van der Waals surface area contributed by atoms with E-state index < -0.39 is 0 Å². The van der Waals surface area contributed by atoms with Crippen LogP contribution in [0.15, 0.2) is 44.8 Å². The van der Waals surface area contributed by atoms with Crippen LogP contribution in [-0.2, 0) is 4.79 Å². The van der Waals surface area contributed by atoms with Crippen molar-refractivity contribution in [3.63, 3.8) is 0 Å². The first-order valence-corrected chi connectivity index (χ1v) is 9.34. The Balaban J connectivity index is 2.88. The SMILES string of the molecule is CCCN(CCC)C/C(C)=C(/N=NC)C(=O)N/N=C/c1ccc(C)cc1N. The summed E-state index contributed by atoms with van der Waals surface area (Å²) in [7, 11) is 1.55. The average Bonchev–Trinajstić information content (AvgIpc) is 2.61. The number of carbonyl (C=O) groups excluding carboxylic acids is 1. The van der Waals surface area contributed by atoms with Gasteiger partial charge in [0.15, 0.2) is 5.70 Å². The van der Waals surface area contributed by atoms with Crippen LogP contribution < -0.4 is 11.2 Å². The zero-order chi connectivity index (χ0) is 20.2. The molecule has 7 nitrogen and oxygen atoms in total. The van der Waals surface area contributed by atoms with E-state index in [0.717, 1.165) is 42.6 Å². The third kappa shape index (κ3) is 7.70. The number of anilines is 1. The van der Waals surface area contributed by atoms with Crippen LogP contribution in [0.4, 0.5) is 5.69 Å². The normalized spacial score (nSPS) is 12.8. The summed E-state index contributed by atoms with van der Waals surface area (Å²) in [5, 5.41) is 11.8. The fourth-order valence-corrected chi connectivity index (χ4v) is 2.76. The predicted molar refractivity (Wildman–Crippen MR) is 112 cm³/mol. The number of benzene rings is 1. The quantitative estimate of drug-likeness (QED) is 0.216. The lowest BCUT2D eigenvalue weighted by molar-refractivity contribution is -0.117. The molecule has 0 radical (unpaired) electrons. The average molecular weight is 373 g/mol. The molecule has 0 aliphatic carbocycles. The van der Waals surface area contributed by atoms with Gasteiger partial charge in [0.1, 0.15) is 0 Å². The van der Waals surface area contributed by atoms with Gasteiger partial charge in [-0.2, -0.15) is 15.3 Å². The van der Waals surface area contributed by atoms with E-state index in [4.69, 9.17) is 5.73 Å². The fourth-order valence-electron chi connectivity index (χ4n) is 2.76. The summed E-state index contributed by atoms with van der Waals surface area (Å²) in [5.41, 5.74) is 12.1. The number of rotatable bonds is 10. The maximum atomic E-state index is 12.5. The summed E-state index contributed by atoms with van der Waals surface area (Å²) in [6, 6.07) is 5.66. The summed E-state index contributed by atoms with van der Waals surface area (Å²) >= 11 is 0. The predicted octanol–water partition coefficient (Wildman–Crippen LogP) is 3.51. The first kappa shape index (κ1) is 22.5. The van der Waals surface area contributed by atoms with E-state index in [-0.39, 0.29) is 5.91 Å².